The van der Waals surface area contributed by atoms with E-state index in [9.17, 15) is 0 Å². The highest BCUT2D eigenvalue weighted by Crippen LogP contribution is 2.50. The highest BCUT2D eigenvalue weighted by Gasteiger charge is 2.31. The molecule has 310 valence electrons. The first kappa shape index (κ1) is 31.0. The Morgan fingerprint density at radius 1 is 0.562 bits per heavy atom. The molecular formula is C59H48N4O. The van der Waals surface area contributed by atoms with Crippen LogP contribution in [0.1, 0.15) is 42.9 Å². The maximum absolute atomic E-state index is 9.13. The molecule has 1 aliphatic heterocycles. The van der Waals surface area contributed by atoms with Crippen LogP contribution >= 0.6 is 0 Å². The van der Waals surface area contributed by atoms with Crippen LogP contribution in [0.2, 0.25) is 0 Å². The second-order valence-corrected chi connectivity index (χ2v) is 17.1. The van der Waals surface area contributed by atoms with Gasteiger partial charge in [-0.1, -0.05) is 148 Å². The van der Waals surface area contributed by atoms with Crippen LogP contribution in [0.5, 0.6) is 11.5 Å². The number of aromatic nitrogens is 2. The van der Waals surface area contributed by atoms with Crippen LogP contribution in [-0.2, 0) is 5.41 Å². The fourth-order valence-corrected chi connectivity index (χ4v) is 8.95. The number of nitrogens with zero attached hydrogens (tertiary/aromatic N) is 4. The maximum atomic E-state index is 9.13. The lowest BCUT2D eigenvalue weighted by Gasteiger charge is -2.28. The Labute approximate surface area is 386 Å². The van der Waals surface area contributed by atoms with Gasteiger partial charge in [-0.15, -0.1) is 0 Å². The first-order valence-electron chi connectivity index (χ1n) is 25.4. The number of ether oxygens (including phenoxy) is 1. The summed E-state index contributed by atoms with van der Waals surface area (Å²) in [5.74, 6) is 1.63. The van der Waals surface area contributed by atoms with Crippen molar-refractivity contribution >= 4 is 44.6 Å². The molecule has 11 rings (SSSR count). The van der Waals surface area contributed by atoms with Crippen molar-refractivity contribution < 1.29 is 15.7 Å². The smallest absolute Gasteiger partial charge is 0.137 e. The van der Waals surface area contributed by atoms with Crippen molar-refractivity contribution in [3.8, 4) is 50.7 Å². The van der Waals surface area contributed by atoms with Crippen LogP contribution in [-0.4, -0.2) is 16.2 Å². The Morgan fingerprint density at radius 2 is 1.30 bits per heavy atom. The second-order valence-electron chi connectivity index (χ2n) is 17.1. The van der Waals surface area contributed by atoms with Gasteiger partial charge in [0, 0.05) is 50.0 Å². The van der Waals surface area contributed by atoms with Crippen LogP contribution in [0.25, 0.3) is 61.0 Å². The van der Waals surface area contributed by atoms with Crippen molar-refractivity contribution in [1.82, 2.24) is 9.55 Å². The van der Waals surface area contributed by atoms with Gasteiger partial charge in [0.25, 0.3) is 0 Å². The third-order valence-corrected chi connectivity index (χ3v) is 12.0. The van der Waals surface area contributed by atoms with E-state index in [-0.39, 0.29) is 28.6 Å². The summed E-state index contributed by atoms with van der Waals surface area (Å²) in [6.45, 7) is 4.51. The molecule has 0 amide bonds. The van der Waals surface area contributed by atoms with Gasteiger partial charge in [0.05, 0.1) is 34.9 Å². The van der Waals surface area contributed by atoms with Crippen molar-refractivity contribution in [3.63, 3.8) is 0 Å². The minimum Gasteiger partial charge on any atom is -0.457 e. The summed E-state index contributed by atoms with van der Waals surface area (Å²) in [5, 5.41) is 1.93. The topological polar surface area (TPSA) is 33.5 Å². The summed E-state index contributed by atoms with van der Waals surface area (Å²) >= 11 is 0. The largest absolute Gasteiger partial charge is 0.457 e. The number of benzene rings is 8. The average Bonchev–Trinajstić information content (AvgIpc) is 3.93. The molecule has 0 spiro atoms. The monoisotopic (exact) mass is 836 g/mol. The van der Waals surface area contributed by atoms with Gasteiger partial charge in [0.2, 0.25) is 0 Å². The molecule has 10 aromatic rings. The number of aryl methyl sites for hydroxylation is 1. The molecule has 0 radical (unpaired) electrons. The summed E-state index contributed by atoms with van der Waals surface area (Å²) in [7, 11) is 0. The molecule has 3 heterocycles. The van der Waals surface area contributed by atoms with E-state index in [1.807, 2.05) is 108 Å². The van der Waals surface area contributed by atoms with Gasteiger partial charge in [0.15, 0.2) is 0 Å². The summed E-state index contributed by atoms with van der Waals surface area (Å²) in [6.07, 6.45) is 1.54. The summed E-state index contributed by atoms with van der Waals surface area (Å²) in [4.78, 5) is 9.05. The number of hydrogen-bond acceptors (Lipinski definition) is 4. The number of anilines is 4. The van der Waals surface area contributed by atoms with Gasteiger partial charge < -0.3 is 14.5 Å². The molecule has 0 unspecified atom stereocenters. The zero-order valence-corrected chi connectivity index (χ0v) is 35.6. The van der Waals surface area contributed by atoms with Crippen molar-refractivity contribution in [3.05, 3.63) is 217 Å². The molecule has 0 atom stereocenters. The predicted molar refractivity (Wildman–Crippen MR) is 267 cm³/mol. The third kappa shape index (κ3) is 7.05. The van der Waals surface area contributed by atoms with Crippen LogP contribution in [0, 0.1) is 6.85 Å². The number of hydrogen-bond donors (Lipinski definition) is 0. The van der Waals surface area contributed by atoms with E-state index in [1.54, 1.807) is 6.07 Å². The highest BCUT2D eigenvalue weighted by atomic mass is 16.5. The molecular weight excluding hydrogens is 781 g/mol. The van der Waals surface area contributed by atoms with E-state index >= 15 is 0 Å². The van der Waals surface area contributed by atoms with Crippen molar-refractivity contribution in [2.24, 2.45) is 0 Å². The fraction of sp³-hybridized carbons (Fsp3) is 0.102. The lowest BCUT2D eigenvalue weighted by Crippen LogP contribution is -2.25. The molecule has 64 heavy (non-hydrogen) atoms. The lowest BCUT2D eigenvalue weighted by molar-refractivity contribution is 0.483. The Balaban J connectivity index is 1.01. The van der Waals surface area contributed by atoms with E-state index in [0.717, 1.165) is 66.7 Å². The Kier molecular flexibility index (Phi) is 7.65. The first-order chi connectivity index (χ1) is 34.5. The van der Waals surface area contributed by atoms with Crippen LogP contribution < -0.4 is 14.5 Å². The van der Waals surface area contributed by atoms with Gasteiger partial charge in [-0.05, 0) is 106 Å². The molecule has 0 N–H and O–H groups in total. The first-order valence-corrected chi connectivity index (χ1v) is 21.4. The Bertz CT molecular complexity index is 3740. The van der Waals surface area contributed by atoms with Gasteiger partial charge >= 0.3 is 0 Å². The number of para-hydroxylation sites is 3. The molecule has 0 fully saturated rings. The van der Waals surface area contributed by atoms with Crippen LogP contribution in [0.4, 0.5) is 22.7 Å². The van der Waals surface area contributed by atoms with Gasteiger partial charge in [0.1, 0.15) is 24.0 Å². The summed E-state index contributed by atoms with van der Waals surface area (Å²) in [5.41, 5.74) is 10.7. The van der Waals surface area contributed by atoms with E-state index in [1.165, 1.54) is 12.3 Å². The SMILES string of the molecule is [2H]c1c([2H])c([2H])c(-c2cccc(-c3cccc(C(C)(C)C)c3)c2N2CN(c3cccc(Oc4ccc5c6cc(-c7ccccc7)ccc6n(-c6cc(C([2H])([2H])[2H])ccn6)c5c4)c3)c3ccccc32)c([2H])c1[2H]. The van der Waals surface area contributed by atoms with Crippen molar-refractivity contribution in [2.45, 2.75) is 33.0 Å². The fourth-order valence-electron chi connectivity index (χ4n) is 8.95. The minimum absolute atomic E-state index is 0.129. The van der Waals surface area contributed by atoms with Gasteiger partial charge in [-0.3, -0.25) is 4.57 Å². The summed E-state index contributed by atoms with van der Waals surface area (Å²) in [6, 6.07) is 53.9. The van der Waals surface area contributed by atoms with Crippen LogP contribution in [0.3, 0.4) is 0 Å². The zero-order valence-electron chi connectivity index (χ0n) is 43.6. The van der Waals surface area contributed by atoms with Crippen LogP contribution in [0.15, 0.2) is 206 Å². The summed E-state index contributed by atoms with van der Waals surface area (Å²) < 4.78 is 77.2. The number of rotatable bonds is 8. The highest BCUT2D eigenvalue weighted by molar-refractivity contribution is 6.11. The van der Waals surface area contributed by atoms with Gasteiger partial charge in [-0.2, -0.15) is 0 Å². The molecule has 0 bridgehead atoms. The maximum Gasteiger partial charge on any atom is 0.137 e. The van der Waals surface area contributed by atoms with Crippen molar-refractivity contribution in [1.29, 1.82) is 0 Å². The number of fused-ring (bicyclic) bond motifs is 4. The molecule has 0 aliphatic carbocycles. The average molecular weight is 837 g/mol. The Morgan fingerprint density at radius 3 is 2.11 bits per heavy atom. The standard InChI is InChI=1S/C59H48N4O/c1-40-32-33-60-57(34-40)63-53-31-28-43(41-16-7-5-8-17-41)36-52(53)51-30-29-48(38-56(51)63)64-47-23-14-22-46(37-47)61-39-62(55-27-12-11-26-54(55)61)58-49(42-18-9-6-10-19-42)24-15-25-50(58)44-20-13-21-45(35-44)59(2,3)4/h5-38H,39H2,1-4H3/i1D3,6D,9D,10D,18D,19D. The molecule has 8 aromatic carbocycles. The molecule has 2 aromatic heterocycles. The zero-order chi connectivity index (χ0) is 50.2. The molecule has 0 saturated heterocycles. The minimum atomic E-state index is -2.32. The third-order valence-electron chi connectivity index (χ3n) is 12.0. The molecule has 1 aliphatic rings. The van der Waals surface area contributed by atoms with E-state index in [4.69, 9.17) is 15.7 Å². The van der Waals surface area contributed by atoms with Crippen molar-refractivity contribution in [2.75, 3.05) is 16.5 Å². The quantitative estimate of drug-likeness (QED) is 0.153. The molecule has 0 saturated carbocycles. The Hall–Kier alpha value is -7.89. The molecule has 5 nitrogen and oxygen atoms in total. The van der Waals surface area contributed by atoms with E-state index in [2.05, 4.69) is 90.2 Å². The predicted octanol–water partition coefficient (Wildman–Crippen LogP) is 15.8. The second kappa shape index (κ2) is 15.8. The van der Waals surface area contributed by atoms with Gasteiger partial charge in [-0.25, -0.2) is 4.98 Å². The molecule has 5 heteroatoms. The normalized spacial score (nSPS) is 14.5. The lowest BCUT2D eigenvalue weighted by atomic mass is 9.85. The van der Waals surface area contributed by atoms with E-state index in [0.29, 0.717) is 35.2 Å². The van der Waals surface area contributed by atoms with E-state index < -0.39 is 25.0 Å². The number of pyridine rings is 1.